The second-order valence-corrected chi connectivity index (χ2v) is 7.25. The molecule has 0 saturated heterocycles. The summed E-state index contributed by atoms with van der Waals surface area (Å²) < 4.78 is 64.8. The summed E-state index contributed by atoms with van der Waals surface area (Å²) in [5.74, 6) is -1.40. The fourth-order valence-corrected chi connectivity index (χ4v) is 3.74. The fourth-order valence-electron chi connectivity index (χ4n) is 1.75. The zero-order valence-electron chi connectivity index (χ0n) is 10.9. The maximum atomic E-state index is 12.4. The number of halogens is 4. The molecule has 0 fully saturated rings. The van der Waals surface area contributed by atoms with Gasteiger partial charge in [0.1, 0.15) is 0 Å². The largest absolute Gasteiger partial charge is 0.449 e. The molecule has 0 bridgehead atoms. The van der Waals surface area contributed by atoms with Crippen LogP contribution < -0.4 is 5.63 Å². The number of hydrogen-bond donors (Lipinski definition) is 0. The van der Waals surface area contributed by atoms with E-state index in [1.165, 1.54) is 18.2 Å². The summed E-state index contributed by atoms with van der Waals surface area (Å²) in [5, 5.41) is 0. The Morgan fingerprint density at radius 2 is 1.77 bits per heavy atom. The van der Waals surface area contributed by atoms with Crippen LogP contribution in [0.4, 0.5) is 13.2 Å². The van der Waals surface area contributed by atoms with E-state index in [4.69, 9.17) is 0 Å². The van der Waals surface area contributed by atoms with Gasteiger partial charge in [0.25, 0.3) is 0 Å². The molecule has 2 rings (SSSR count). The summed E-state index contributed by atoms with van der Waals surface area (Å²) >= 11 is 3.06. The molecule has 118 valence electrons. The molecule has 0 aliphatic heterocycles. The zero-order valence-corrected chi connectivity index (χ0v) is 13.3. The van der Waals surface area contributed by atoms with Crippen molar-refractivity contribution in [2.75, 3.05) is 6.26 Å². The third-order valence-corrected chi connectivity index (χ3v) is 4.82. The topological polar surface area (TPSA) is 64.3 Å². The van der Waals surface area contributed by atoms with Gasteiger partial charge < -0.3 is 4.42 Å². The predicted octanol–water partition coefficient (Wildman–Crippen LogP) is 3.49. The first-order valence-corrected chi connectivity index (χ1v) is 8.40. The van der Waals surface area contributed by atoms with E-state index in [0.717, 1.165) is 12.3 Å². The fraction of sp³-hybridized carbons (Fsp3) is 0.154. The molecule has 0 amide bonds. The van der Waals surface area contributed by atoms with E-state index < -0.39 is 27.4 Å². The van der Waals surface area contributed by atoms with E-state index in [9.17, 15) is 26.4 Å². The van der Waals surface area contributed by atoms with Crippen molar-refractivity contribution in [1.82, 2.24) is 0 Å². The molecule has 1 aromatic carbocycles. The van der Waals surface area contributed by atoms with Gasteiger partial charge in [-0.1, -0.05) is 6.07 Å². The minimum Gasteiger partial charge on any atom is -0.418 e. The van der Waals surface area contributed by atoms with Crippen LogP contribution >= 0.6 is 15.9 Å². The van der Waals surface area contributed by atoms with Crippen LogP contribution in [-0.4, -0.2) is 14.7 Å². The Balaban J connectivity index is 2.55. The van der Waals surface area contributed by atoms with E-state index in [-0.39, 0.29) is 20.5 Å². The Bertz CT molecular complexity index is 885. The smallest absolute Gasteiger partial charge is 0.418 e. The molecule has 0 radical (unpaired) electrons. The number of rotatable bonds is 2. The molecule has 0 aliphatic carbocycles. The first-order chi connectivity index (χ1) is 10.00. The molecule has 4 nitrogen and oxygen atoms in total. The summed E-state index contributed by atoms with van der Waals surface area (Å²) in [6.45, 7) is 0. The number of sulfone groups is 1. The van der Waals surface area contributed by atoms with Crippen molar-refractivity contribution in [2.45, 2.75) is 11.1 Å². The van der Waals surface area contributed by atoms with Crippen molar-refractivity contribution < 1.29 is 26.0 Å². The van der Waals surface area contributed by atoms with E-state index >= 15 is 0 Å². The minimum absolute atomic E-state index is 0.00699. The Hall–Kier alpha value is -1.61. The lowest BCUT2D eigenvalue weighted by Crippen LogP contribution is -2.11. The number of hydrogen-bond acceptors (Lipinski definition) is 4. The molecule has 1 heterocycles. The van der Waals surface area contributed by atoms with Crippen molar-refractivity contribution in [2.24, 2.45) is 0 Å². The van der Waals surface area contributed by atoms with Crippen molar-refractivity contribution in [3.63, 3.8) is 0 Å². The standard InChI is InChI=1S/C13H8BrF3O4S/c1-22(19,20)10-4-2-7(6-9(10)14)8-3-5-11(13(15,16)17)21-12(8)18/h2-6H,1H3. The lowest BCUT2D eigenvalue weighted by molar-refractivity contribution is -0.154. The normalized spacial score (nSPS) is 12.4. The zero-order chi connectivity index (χ0) is 16.7. The monoisotopic (exact) mass is 396 g/mol. The molecule has 0 N–H and O–H groups in total. The highest BCUT2D eigenvalue weighted by molar-refractivity contribution is 9.10. The average molecular weight is 397 g/mol. The van der Waals surface area contributed by atoms with Crippen LogP contribution in [0.5, 0.6) is 0 Å². The first-order valence-electron chi connectivity index (χ1n) is 5.71. The van der Waals surface area contributed by atoms with Crippen molar-refractivity contribution in [3.05, 3.63) is 51.0 Å². The van der Waals surface area contributed by atoms with Gasteiger partial charge in [-0.2, -0.15) is 13.2 Å². The van der Waals surface area contributed by atoms with Crippen LogP contribution in [-0.2, 0) is 16.0 Å². The van der Waals surface area contributed by atoms with E-state index in [0.29, 0.717) is 6.07 Å². The van der Waals surface area contributed by atoms with Crippen LogP contribution in [0.3, 0.4) is 0 Å². The highest BCUT2D eigenvalue weighted by Crippen LogP contribution is 2.31. The van der Waals surface area contributed by atoms with Gasteiger partial charge in [-0.3, -0.25) is 0 Å². The second-order valence-electron chi connectivity index (χ2n) is 4.42. The van der Waals surface area contributed by atoms with Gasteiger partial charge >= 0.3 is 11.8 Å². The van der Waals surface area contributed by atoms with Gasteiger partial charge in [0.2, 0.25) is 5.76 Å². The summed E-state index contributed by atoms with van der Waals surface area (Å²) in [5.41, 5.74) is -1.02. The molecule has 1 aromatic heterocycles. The summed E-state index contributed by atoms with van der Waals surface area (Å²) in [6, 6.07) is 5.54. The Morgan fingerprint density at radius 3 is 2.23 bits per heavy atom. The van der Waals surface area contributed by atoms with E-state index in [1.54, 1.807) is 0 Å². The van der Waals surface area contributed by atoms with Crippen molar-refractivity contribution >= 4 is 25.8 Å². The lowest BCUT2D eigenvalue weighted by atomic mass is 10.1. The number of alkyl halides is 3. The Labute approximate surface area is 131 Å². The Kier molecular flexibility index (Phi) is 4.22. The predicted molar refractivity (Wildman–Crippen MR) is 76.2 cm³/mol. The van der Waals surface area contributed by atoms with Crippen LogP contribution in [0.2, 0.25) is 0 Å². The highest BCUT2D eigenvalue weighted by atomic mass is 79.9. The first kappa shape index (κ1) is 16.8. The van der Waals surface area contributed by atoms with E-state index in [1.807, 2.05) is 0 Å². The summed E-state index contributed by atoms with van der Waals surface area (Å²) in [6.07, 6.45) is -3.74. The molecule has 0 saturated carbocycles. The van der Waals surface area contributed by atoms with Gasteiger partial charge in [-0.15, -0.1) is 0 Å². The SMILES string of the molecule is CS(=O)(=O)c1ccc(-c2ccc(C(F)(F)F)oc2=O)cc1Br. The molecular weight excluding hydrogens is 389 g/mol. The molecule has 2 aromatic rings. The third-order valence-electron chi connectivity index (χ3n) is 2.75. The van der Waals surface area contributed by atoms with Crippen molar-refractivity contribution in [3.8, 4) is 11.1 Å². The highest BCUT2D eigenvalue weighted by Gasteiger charge is 2.34. The molecule has 22 heavy (non-hydrogen) atoms. The summed E-state index contributed by atoms with van der Waals surface area (Å²) in [4.78, 5) is 11.7. The van der Waals surface area contributed by atoms with E-state index in [2.05, 4.69) is 20.3 Å². The van der Waals surface area contributed by atoms with Gasteiger partial charge in [0, 0.05) is 10.7 Å². The van der Waals surface area contributed by atoms with Gasteiger partial charge in [0.15, 0.2) is 9.84 Å². The maximum Gasteiger partial charge on any atom is 0.449 e. The molecule has 0 spiro atoms. The van der Waals surface area contributed by atoms with Gasteiger partial charge in [-0.05, 0) is 45.8 Å². The van der Waals surface area contributed by atoms with Crippen molar-refractivity contribution in [1.29, 1.82) is 0 Å². The second kappa shape index (κ2) is 5.54. The molecule has 0 atom stereocenters. The Morgan fingerprint density at radius 1 is 1.14 bits per heavy atom. The average Bonchev–Trinajstić information content (AvgIpc) is 2.35. The minimum atomic E-state index is -4.75. The quantitative estimate of drug-likeness (QED) is 0.779. The maximum absolute atomic E-state index is 12.4. The van der Waals surface area contributed by atoms with Crippen LogP contribution in [0.15, 0.2) is 48.9 Å². The van der Waals surface area contributed by atoms with Crippen LogP contribution in [0.25, 0.3) is 11.1 Å². The third kappa shape index (κ3) is 3.41. The lowest BCUT2D eigenvalue weighted by Gasteiger charge is -2.07. The summed E-state index contributed by atoms with van der Waals surface area (Å²) in [7, 11) is -3.47. The van der Waals surface area contributed by atoms with Crippen LogP contribution in [0, 0.1) is 0 Å². The molecule has 9 heteroatoms. The molecule has 0 unspecified atom stereocenters. The van der Waals surface area contributed by atoms with Crippen LogP contribution in [0.1, 0.15) is 5.76 Å². The van der Waals surface area contributed by atoms with Gasteiger partial charge in [0.05, 0.1) is 10.5 Å². The molecule has 0 aliphatic rings. The molecular formula is C13H8BrF3O4S. The van der Waals surface area contributed by atoms with Gasteiger partial charge in [-0.25, -0.2) is 13.2 Å². The number of benzene rings is 1.